The van der Waals surface area contributed by atoms with E-state index < -0.39 is 5.97 Å². The summed E-state index contributed by atoms with van der Waals surface area (Å²) in [5.74, 6) is 0.500. The number of nitrogens with one attached hydrogen (secondary N) is 1. The molecule has 80 valence electrons. The topological polar surface area (TPSA) is 75.1 Å². The molecule has 2 rings (SSSR count). The maximum Gasteiger partial charge on any atom is 0.305 e. The molecule has 1 heterocycles. The van der Waals surface area contributed by atoms with E-state index in [1.54, 1.807) is 0 Å². The fourth-order valence-corrected chi connectivity index (χ4v) is 1.37. The first-order valence-electron chi connectivity index (χ1n) is 5.03. The number of rotatable bonds is 5. The summed E-state index contributed by atoms with van der Waals surface area (Å²) >= 11 is 0. The van der Waals surface area contributed by atoms with Crippen molar-refractivity contribution in [1.82, 2.24) is 9.97 Å². The van der Waals surface area contributed by atoms with Gasteiger partial charge in [0.2, 0.25) is 0 Å². The molecule has 0 atom stereocenters. The van der Waals surface area contributed by atoms with Gasteiger partial charge in [-0.05, 0) is 12.8 Å². The summed E-state index contributed by atoms with van der Waals surface area (Å²) in [6.07, 6.45) is 4.02. The van der Waals surface area contributed by atoms with Crippen molar-refractivity contribution < 1.29 is 9.90 Å². The van der Waals surface area contributed by atoms with Crippen LogP contribution in [0.3, 0.4) is 0 Å². The normalized spacial score (nSPS) is 14.9. The molecule has 1 aromatic heterocycles. The van der Waals surface area contributed by atoms with Gasteiger partial charge in [0.1, 0.15) is 12.1 Å². The highest BCUT2D eigenvalue weighted by Crippen LogP contribution is 2.39. The van der Waals surface area contributed by atoms with Crippen LogP contribution < -0.4 is 5.32 Å². The first-order chi connectivity index (χ1) is 7.25. The van der Waals surface area contributed by atoms with E-state index in [4.69, 9.17) is 5.11 Å². The van der Waals surface area contributed by atoms with Gasteiger partial charge in [-0.15, -0.1) is 0 Å². The van der Waals surface area contributed by atoms with Crippen molar-refractivity contribution in [3.05, 3.63) is 18.1 Å². The van der Waals surface area contributed by atoms with Crippen molar-refractivity contribution in [1.29, 1.82) is 0 Å². The molecule has 1 saturated carbocycles. The van der Waals surface area contributed by atoms with E-state index >= 15 is 0 Å². The molecule has 5 nitrogen and oxygen atoms in total. The number of carbonyl (C=O) groups is 1. The van der Waals surface area contributed by atoms with E-state index in [1.165, 1.54) is 19.2 Å². The molecule has 0 aromatic carbocycles. The highest BCUT2D eigenvalue weighted by molar-refractivity contribution is 5.67. The molecule has 0 amide bonds. The predicted molar refractivity (Wildman–Crippen MR) is 54.7 cm³/mol. The van der Waals surface area contributed by atoms with Crippen LogP contribution >= 0.6 is 0 Å². The molecule has 1 aliphatic rings. The average Bonchev–Trinajstić information content (AvgIpc) is 3.01. The van der Waals surface area contributed by atoms with Gasteiger partial charge in [0, 0.05) is 24.2 Å². The van der Waals surface area contributed by atoms with Gasteiger partial charge in [-0.3, -0.25) is 4.79 Å². The van der Waals surface area contributed by atoms with Crippen LogP contribution in [0.25, 0.3) is 0 Å². The molecule has 0 unspecified atom stereocenters. The summed E-state index contributed by atoms with van der Waals surface area (Å²) in [4.78, 5) is 18.5. The van der Waals surface area contributed by atoms with Crippen molar-refractivity contribution in [2.24, 2.45) is 0 Å². The molecular weight excluding hydrogens is 194 g/mol. The zero-order valence-corrected chi connectivity index (χ0v) is 8.31. The number of carboxylic acids is 1. The zero-order chi connectivity index (χ0) is 10.7. The zero-order valence-electron chi connectivity index (χ0n) is 8.31. The summed E-state index contributed by atoms with van der Waals surface area (Å²) in [6, 6.07) is 1.90. The Morgan fingerprint density at radius 2 is 2.33 bits per heavy atom. The number of aromatic nitrogens is 2. The third kappa shape index (κ3) is 2.90. The van der Waals surface area contributed by atoms with Crippen LogP contribution in [0.1, 0.15) is 30.9 Å². The molecule has 0 aliphatic heterocycles. The largest absolute Gasteiger partial charge is 0.481 e. The maximum atomic E-state index is 10.3. The Bertz CT molecular complexity index is 363. The predicted octanol–water partition coefficient (Wildman–Crippen LogP) is 1.24. The first kappa shape index (κ1) is 9.89. The fraction of sp³-hybridized carbons (Fsp3) is 0.500. The molecular formula is C10H13N3O2. The molecule has 1 fully saturated rings. The van der Waals surface area contributed by atoms with Gasteiger partial charge in [-0.25, -0.2) is 9.97 Å². The van der Waals surface area contributed by atoms with Crippen molar-refractivity contribution in [2.45, 2.75) is 25.2 Å². The van der Waals surface area contributed by atoms with E-state index in [1.807, 2.05) is 6.07 Å². The van der Waals surface area contributed by atoms with Crippen LogP contribution in [0.4, 0.5) is 5.82 Å². The Morgan fingerprint density at radius 3 is 3.00 bits per heavy atom. The van der Waals surface area contributed by atoms with Gasteiger partial charge >= 0.3 is 5.97 Å². The first-order valence-corrected chi connectivity index (χ1v) is 5.03. The van der Waals surface area contributed by atoms with Gasteiger partial charge < -0.3 is 10.4 Å². The fourth-order valence-electron chi connectivity index (χ4n) is 1.37. The lowest BCUT2D eigenvalue weighted by atomic mass is 10.3. The highest BCUT2D eigenvalue weighted by atomic mass is 16.4. The van der Waals surface area contributed by atoms with Crippen LogP contribution in [0, 0.1) is 0 Å². The van der Waals surface area contributed by atoms with Crippen LogP contribution in [0.5, 0.6) is 0 Å². The minimum Gasteiger partial charge on any atom is -0.481 e. The Labute approximate surface area is 87.6 Å². The molecule has 1 aliphatic carbocycles. The van der Waals surface area contributed by atoms with Gasteiger partial charge in [0.15, 0.2) is 0 Å². The molecule has 1 aromatic rings. The Kier molecular flexibility index (Phi) is 2.80. The third-order valence-electron chi connectivity index (χ3n) is 2.33. The average molecular weight is 207 g/mol. The number of anilines is 1. The van der Waals surface area contributed by atoms with Crippen molar-refractivity contribution in [3.63, 3.8) is 0 Å². The molecule has 0 radical (unpaired) electrons. The van der Waals surface area contributed by atoms with Gasteiger partial charge in [0.05, 0.1) is 6.42 Å². The molecule has 2 N–H and O–H groups in total. The third-order valence-corrected chi connectivity index (χ3v) is 2.33. The summed E-state index contributed by atoms with van der Waals surface area (Å²) in [7, 11) is 0. The molecule has 15 heavy (non-hydrogen) atoms. The number of hydrogen-bond donors (Lipinski definition) is 2. The van der Waals surface area contributed by atoms with E-state index in [9.17, 15) is 4.79 Å². The standard InChI is InChI=1S/C10H13N3O2/c14-10(15)3-4-11-9-5-8(7-1-2-7)12-6-13-9/h5-7H,1-4H2,(H,14,15)(H,11,12,13). The lowest BCUT2D eigenvalue weighted by Gasteiger charge is -2.04. The van der Waals surface area contributed by atoms with Crippen LogP contribution in [0.15, 0.2) is 12.4 Å². The second-order valence-electron chi connectivity index (χ2n) is 3.67. The minimum absolute atomic E-state index is 0.1000. The lowest BCUT2D eigenvalue weighted by Crippen LogP contribution is -2.09. The summed E-state index contributed by atoms with van der Waals surface area (Å²) in [5, 5.41) is 11.4. The molecule has 0 saturated heterocycles. The van der Waals surface area contributed by atoms with Crippen molar-refractivity contribution in [3.8, 4) is 0 Å². The van der Waals surface area contributed by atoms with Gasteiger partial charge in [0.25, 0.3) is 0 Å². The van der Waals surface area contributed by atoms with E-state index in [-0.39, 0.29) is 6.42 Å². The number of aliphatic carboxylic acids is 1. The number of carboxylic acid groups (broad SMARTS) is 1. The Hall–Kier alpha value is -1.65. The van der Waals surface area contributed by atoms with Crippen LogP contribution in [-0.4, -0.2) is 27.6 Å². The van der Waals surface area contributed by atoms with Gasteiger partial charge in [-0.2, -0.15) is 0 Å². The quantitative estimate of drug-likeness (QED) is 0.759. The van der Waals surface area contributed by atoms with Crippen molar-refractivity contribution in [2.75, 3.05) is 11.9 Å². The van der Waals surface area contributed by atoms with Crippen LogP contribution in [0.2, 0.25) is 0 Å². The second kappa shape index (κ2) is 4.25. The van der Waals surface area contributed by atoms with E-state index in [0.29, 0.717) is 18.3 Å². The van der Waals surface area contributed by atoms with Crippen molar-refractivity contribution >= 4 is 11.8 Å². The maximum absolute atomic E-state index is 10.3. The second-order valence-corrected chi connectivity index (χ2v) is 3.67. The van der Waals surface area contributed by atoms with E-state index in [2.05, 4.69) is 15.3 Å². The smallest absolute Gasteiger partial charge is 0.305 e. The summed E-state index contributed by atoms with van der Waals surface area (Å²) in [6.45, 7) is 0.399. The summed E-state index contributed by atoms with van der Waals surface area (Å²) < 4.78 is 0. The minimum atomic E-state index is -0.807. The molecule has 0 bridgehead atoms. The van der Waals surface area contributed by atoms with Crippen LogP contribution in [-0.2, 0) is 4.79 Å². The Balaban J connectivity index is 1.90. The number of nitrogens with zero attached hydrogens (tertiary/aromatic N) is 2. The Morgan fingerprint density at radius 1 is 1.53 bits per heavy atom. The monoisotopic (exact) mass is 207 g/mol. The molecule has 0 spiro atoms. The SMILES string of the molecule is O=C(O)CCNc1cc(C2CC2)ncn1. The summed E-state index contributed by atoms with van der Waals surface area (Å²) in [5.41, 5.74) is 1.06. The molecule has 5 heteroatoms. The van der Waals surface area contributed by atoms with Gasteiger partial charge in [-0.1, -0.05) is 0 Å². The highest BCUT2D eigenvalue weighted by Gasteiger charge is 2.25. The number of hydrogen-bond acceptors (Lipinski definition) is 4. The lowest BCUT2D eigenvalue weighted by molar-refractivity contribution is -0.136. The van der Waals surface area contributed by atoms with E-state index in [0.717, 1.165) is 5.69 Å².